The van der Waals surface area contributed by atoms with Crippen molar-refractivity contribution < 1.29 is 29.0 Å². The fraction of sp³-hybridized carbons (Fsp3) is 0.130. The topological polar surface area (TPSA) is 122 Å². The number of para-hydroxylation sites is 1. The van der Waals surface area contributed by atoms with E-state index >= 15 is 0 Å². The SMILES string of the molecule is O=C(COc1ccccc1)c1ccc(C(=O)N[C@@H](CNC(=O)c2cccs2)C(=O)O)c(Cl)c1. The maximum atomic E-state index is 12.6. The molecule has 0 aliphatic heterocycles. The van der Waals surface area contributed by atoms with Crippen molar-refractivity contribution in [2.24, 2.45) is 0 Å². The van der Waals surface area contributed by atoms with Crippen molar-refractivity contribution in [2.75, 3.05) is 13.2 Å². The highest BCUT2D eigenvalue weighted by atomic mass is 35.5. The molecule has 8 nitrogen and oxygen atoms in total. The Hall–Kier alpha value is -3.69. The van der Waals surface area contributed by atoms with Crippen LogP contribution >= 0.6 is 22.9 Å². The zero-order valence-electron chi connectivity index (χ0n) is 17.1. The Morgan fingerprint density at radius 3 is 2.39 bits per heavy atom. The summed E-state index contributed by atoms with van der Waals surface area (Å²) in [5.74, 6) is -2.32. The van der Waals surface area contributed by atoms with E-state index in [4.69, 9.17) is 16.3 Å². The van der Waals surface area contributed by atoms with Gasteiger partial charge in [-0.1, -0.05) is 41.9 Å². The van der Waals surface area contributed by atoms with E-state index in [2.05, 4.69) is 10.6 Å². The molecule has 0 unspecified atom stereocenters. The Morgan fingerprint density at radius 1 is 1.00 bits per heavy atom. The number of benzene rings is 2. The van der Waals surface area contributed by atoms with Gasteiger partial charge < -0.3 is 20.5 Å². The number of hydrogen-bond acceptors (Lipinski definition) is 6. The Labute approximate surface area is 198 Å². The lowest BCUT2D eigenvalue weighted by atomic mass is 10.1. The quantitative estimate of drug-likeness (QED) is 0.378. The van der Waals surface area contributed by atoms with E-state index in [1.165, 1.54) is 29.5 Å². The van der Waals surface area contributed by atoms with E-state index in [1.807, 2.05) is 6.07 Å². The van der Waals surface area contributed by atoms with Gasteiger partial charge in [0.25, 0.3) is 11.8 Å². The van der Waals surface area contributed by atoms with Crippen LogP contribution in [-0.4, -0.2) is 47.9 Å². The number of thiophene rings is 1. The normalized spacial score (nSPS) is 11.3. The minimum absolute atomic E-state index is 0.00646. The van der Waals surface area contributed by atoms with Crippen molar-refractivity contribution in [3.8, 4) is 5.75 Å². The summed E-state index contributed by atoms with van der Waals surface area (Å²) in [6.45, 7) is -0.528. The molecule has 2 amide bonds. The number of ketones is 1. The number of aliphatic carboxylic acids is 1. The maximum Gasteiger partial charge on any atom is 0.328 e. The second kappa shape index (κ2) is 11.3. The number of carboxylic acid groups (broad SMARTS) is 1. The summed E-state index contributed by atoms with van der Waals surface area (Å²) >= 11 is 7.38. The molecule has 0 bridgehead atoms. The molecule has 0 saturated carbocycles. The summed E-state index contributed by atoms with van der Waals surface area (Å²) in [6, 6.07) is 14.8. The highest BCUT2D eigenvalue weighted by Crippen LogP contribution is 2.19. The summed E-state index contributed by atoms with van der Waals surface area (Å²) in [7, 11) is 0. The molecule has 3 rings (SSSR count). The van der Waals surface area contributed by atoms with Gasteiger partial charge in [0.15, 0.2) is 12.4 Å². The van der Waals surface area contributed by atoms with Crippen LogP contribution in [0.15, 0.2) is 66.0 Å². The lowest BCUT2D eigenvalue weighted by molar-refractivity contribution is -0.139. The van der Waals surface area contributed by atoms with E-state index in [0.717, 1.165) is 0 Å². The number of ether oxygens (including phenoxy) is 1. The van der Waals surface area contributed by atoms with E-state index in [-0.39, 0.29) is 35.1 Å². The van der Waals surface area contributed by atoms with Crippen LogP contribution in [0.5, 0.6) is 5.75 Å². The van der Waals surface area contributed by atoms with Crippen LogP contribution < -0.4 is 15.4 Å². The van der Waals surface area contributed by atoms with Gasteiger partial charge in [-0.25, -0.2) is 4.79 Å². The molecule has 0 aliphatic carbocycles. The second-order valence-electron chi connectivity index (χ2n) is 6.77. The Kier molecular flexibility index (Phi) is 8.17. The number of rotatable bonds is 10. The molecule has 170 valence electrons. The van der Waals surface area contributed by atoms with Crippen molar-refractivity contribution in [3.05, 3.63) is 87.1 Å². The summed E-state index contributed by atoms with van der Waals surface area (Å²) in [5.41, 5.74) is 0.235. The van der Waals surface area contributed by atoms with Crippen molar-refractivity contribution in [3.63, 3.8) is 0 Å². The molecular formula is C23H19ClN2O6S. The number of carbonyl (C=O) groups excluding carboxylic acids is 3. The fourth-order valence-corrected chi connectivity index (χ4v) is 3.65. The standard InChI is InChI=1S/C23H19ClN2O6S/c24-17-11-14(19(27)13-32-15-5-2-1-3-6-15)8-9-16(17)21(28)26-18(23(30)31)12-25-22(29)20-7-4-10-33-20/h1-11,18H,12-13H2,(H,25,29)(H,26,28)(H,30,31)/t18-/m0/s1. The zero-order chi connectivity index (χ0) is 23.8. The number of halogens is 1. The van der Waals surface area contributed by atoms with Crippen molar-refractivity contribution in [1.29, 1.82) is 0 Å². The van der Waals surface area contributed by atoms with Gasteiger partial charge in [-0.3, -0.25) is 14.4 Å². The number of carboxylic acids is 1. The lowest BCUT2D eigenvalue weighted by Crippen LogP contribution is -2.48. The van der Waals surface area contributed by atoms with Crippen LogP contribution in [0.3, 0.4) is 0 Å². The minimum Gasteiger partial charge on any atom is -0.485 e. The molecule has 1 heterocycles. The van der Waals surface area contributed by atoms with Gasteiger partial charge in [0.1, 0.15) is 11.8 Å². The molecule has 3 N–H and O–H groups in total. The largest absolute Gasteiger partial charge is 0.485 e. The van der Waals surface area contributed by atoms with Gasteiger partial charge in [-0.2, -0.15) is 0 Å². The maximum absolute atomic E-state index is 12.6. The molecule has 10 heteroatoms. The Morgan fingerprint density at radius 2 is 1.76 bits per heavy atom. The van der Waals surface area contributed by atoms with E-state index in [9.17, 15) is 24.3 Å². The molecule has 0 saturated heterocycles. The van der Waals surface area contributed by atoms with E-state index in [0.29, 0.717) is 10.6 Å². The van der Waals surface area contributed by atoms with Crippen molar-refractivity contribution >= 4 is 46.5 Å². The van der Waals surface area contributed by atoms with Gasteiger partial charge in [0, 0.05) is 12.1 Å². The van der Waals surface area contributed by atoms with E-state index < -0.39 is 23.8 Å². The third-order valence-corrected chi connectivity index (χ3v) is 5.65. The first-order valence-electron chi connectivity index (χ1n) is 9.71. The molecule has 1 aromatic heterocycles. The molecule has 0 fully saturated rings. The summed E-state index contributed by atoms with van der Waals surface area (Å²) < 4.78 is 5.42. The molecule has 2 aromatic carbocycles. The lowest BCUT2D eigenvalue weighted by Gasteiger charge is -2.16. The third kappa shape index (κ3) is 6.64. The van der Waals surface area contributed by atoms with Crippen molar-refractivity contribution in [1.82, 2.24) is 10.6 Å². The van der Waals surface area contributed by atoms with Crippen LogP contribution in [-0.2, 0) is 4.79 Å². The Balaban J connectivity index is 1.60. The second-order valence-corrected chi connectivity index (χ2v) is 8.13. The molecule has 3 aromatic rings. The van der Waals surface area contributed by atoms with Gasteiger partial charge in [0.2, 0.25) is 0 Å². The minimum atomic E-state index is -1.38. The molecule has 1 atom stereocenters. The highest BCUT2D eigenvalue weighted by Gasteiger charge is 2.23. The van der Waals surface area contributed by atoms with Gasteiger partial charge >= 0.3 is 5.97 Å². The number of hydrogen-bond donors (Lipinski definition) is 3. The van der Waals surface area contributed by atoms with Crippen molar-refractivity contribution in [2.45, 2.75) is 6.04 Å². The summed E-state index contributed by atoms with van der Waals surface area (Å²) in [4.78, 5) is 48.9. The fourth-order valence-electron chi connectivity index (χ4n) is 2.75. The summed E-state index contributed by atoms with van der Waals surface area (Å²) in [5, 5.41) is 15.9. The van der Waals surface area contributed by atoms with Crippen LogP contribution in [0.2, 0.25) is 5.02 Å². The van der Waals surface area contributed by atoms with Crippen LogP contribution in [0, 0.1) is 0 Å². The predicted octanol–water partition coefficient (Wildman–Crippen LogP) is 3.28. The number of nitrogens with one attached hydrogen (secondary N) is 2. The average Bonchev–Trinajstić information content (AvgIpc) is 3.35. The summed E-state index contributed by atoms with van der Waals surface area (Å²) in [6.07, 6.45) is 0. The highest BCUT2D eigenvalue weighted by molar-refractivity contribution is 7.12. The first kappa shape index (κ1) is 24.0. The van der Waals surface area contributed by atoms with Crippen LogP contribution in [0.4, 0.5) is 0 Å². The number of carbonyl (C=O) groups is 4. The van der Waals surface area contributed by atoms with E-state index in [1.54, 1.807) is 41.8 Å². The average molecular weight is 487 g/mol. The van der Waals surface area contributed by atoms with Gasteiger partial charge in [-0.05, 0) is 35.7 Å². The zero-order valence-corrected chi connectivity index (χ0v) is 18.7. The molecular weight excluding hydrogens is 468 g/mol. The third-order valence-electron chi connectivity index (χ3n) is 4.46. The van der Waals surface area contributed by atoms with Crippen LogP contribution in [0.25, 0.3) is 0 Å². The molecule has 0 aliphatic rings. The predicted molar refractivity (Wildman–Crippen MR) is 123 cm³/mol. The smallest absolute Gasteiger partial charge is 0.328 e. The first-order valence-corrected chi connectivity index (χ1v) is 11.0. The number of amides is 2. The monoisotopic (exact) mass is 486 g/mol. The number of Topliss-reactive ketones (excluding diaryl/α,β-unsaturated/α-hetero) is 1. The van der Waals surface area contributed by atoms with Gasteiger partial charge in [0.05, 0.1) is 15.5 Å². The van der Waals surface area contributed by atoms with Gasteiger partial charge in [-0.15, -0.1) is 11.3 Å². The molecule has 0 radical (unpaired) electrons. The molecule has 33 heavy (non-hydrogen) atoms. The first-order chi connectivity index (χ1) is 15.8. The Bertz CT molecular complexity index is 1150. The van der Waals surface area contributed by atoms with Crippen LogP contribution in [0.1, 0.15) is 30.4 Å². The molecule has 0 spiro atoms.